The second kappa shape index (κ2) is 11.8. The molecule has 168 valence electrons. The van der Waals surface area contributed by atoms with Crippen molar-refractivity contribution in [3.8, 4) is 17.1 Å². The summed E-state index contributed by atoms with van der Waals surface area (Å²) < 4.78 is 7.26. The third-order valence-corrected chi connectivity index (χ3v) is 5.54. The van der Waals surface area contributed by atoms with E-state index < -0.39 is 0 Å². The summed E-state index contributed by atoms with van der Waals surface area (Å²) in [6.07, 6.45) is 4.49. The number of benzene rings is 2. The lowest BCUT2D eigenvalue weighted by molar-refractivity contribution is 0.414. The van der Waals surface area contributed by atoms with E-state index in [9.17, 15) is 0 Å². The SMILES string of the molecule is CCCC[C@@H](c1ccccc1)N(CCC)c1nc(-c2ccc(OC)cc2C)n(C)n1.Cl. The van der Waals surface area contributed by atoms with Gasteiger partial charge in [0.2, 0.25) is 5.95 Å². The number of aromatic nitrogens is 3. The van der Waals surface area contributed by atoms with Gasteiger partial charge in [0.05, 0.1) is 13.2 Å². The van der Waals surface area contributed by atoms with Crippen LogP contribution in [0.3, 0.4) is 0 Å². The fraction of sp³-hybridized carbons (Fsp3) is 0.440. The van der Waals surface area contributed by atoms with Gasteiger partial charge in [0.1, 0.15) is 5.75 Å². The average Bonchev–Trinajstić information content (AvgIpc) is 3.14. The molecule has 3 aromatic rings. The van der Waals surface area contributed by atoms with Crippen molar-refractivity contribution in [1.82, 2.24) is 14.8 Å². The first-order valence-corrected chi connectivity index (χ1v) is 11.0. The Balaban J connectivity index is 0.00000341. The van der Waals surface area contributed by atoms with E-state index in [1.54, 1.807) is 7.11 Å². The predicted molar refractivity (Wildman–Crippen MR) is 131 cm³/mol. The number of methoxy groups -OCH3 is 1. The van der Waals surface area contributed by atoms with Gasteiger partial charge in [-0.1, -0.05) is 57.0 Å². The lowest BCUT2D eigenvalue weighted by Gasteiger charge is -2.31. The summed E-state index contributed by atoms with van der Waals surface area (Å²) in [6, 6.07) is 17.1. The van der Waals surface area contributed by atoms with Gasteiger partial charge in [0.25, 0.3) is 0 Å². The Kier molecular flexibility index (Phi) is 9.38. The number of aryl methyl sites for hydroxylation is 2. The van der Waals surface area contributed by atoms with Crippen LogP contribution in [0.5, 0.6) is 5.75 Å². The summed E-state index contributed by atoms with van der Waals surface area (Å²) >= 11 is 0. The van der Waals surface area contributed by atoms with Gasteiger partial charge in [-0.05, 0) is 49.1 Å². The van der Waals surface area contributed by atoms with Crippen LogP contribution in [0.4, 0.5) is 5.95 Å². The number of hydrogen-bond donors (Lipinski definition) is 0. The summed E-state index contributed by atoms with van der Waals surface area (Å²) in [6.45, 7) is 7.47. The molecule has 6 heteroatoms. The predicted octanol–water partition coefficient (Wildman–Crippen LogP) is 6.37. The molecule has 1 heterocycles. The second-order valence-corrected chi connectivity index (χ2v) is 7.80. The van der Waals surface area contributed by atoms with E-state index in [2.05, 4.69) is 62.1 Å². The Morgan fingerprint density at radius 3 is 2.42 bits per heavy atom. The van der Waals surface area contributed by atoms with Crippen LogP contribution in [0.15, 0.2) is 48.5 Å². The van der Waals surface area contributed by atoms with Crippen molar-refractivity contribution in [2.75, 3.05) is 18.6 Å². The van der Waals surface area contributed by atoms with Crippen molar-refractivity contribution in [2.45, 2.75) is 52.5 Å². The summed E-state index contributed by atoms with van der Waals surface area (Å²) in [5, 5.41) is 4.84. The number of hydrogen-bond acceptors (Lipinski definition) is 4. The molecule has 0 fully saturated rings. The molecule has 1 atom stereocenters. The number of unbranched alkanes of at least 4 members (excludes halogenated alkanes) is 1. The van der Waals surface area contributed by atoms with E-state index in [0.29, 0.717) is 0 Å². The van der Waals surface area contributed by atoms with Crippen LogP contribution in [0.1, 0.15) is 56.7 Å². The standard InChI is InChI=1S/C25H34N4O.ClH/c1-6-8-14-23(20-12-10-9-11-13-20)29(17-7-2)25-26-24(28(4)27-25)22-16-15-21(30-5)18-19(22)3;/h9-13,15-16,18,23H,6-8,14,17H2,1-5H3;1H/t23-;/m0./s1. The molecule has 2 aromatic carbocycles. The zero-order valence-corrected chi connectivity index (χ0v) is 20.2. The normalized spacial score (nSPS) is 11.6. The third-order valence-electron chi connectivity index (χ3n) is 5.54. The maximum atomic E-state index is 5.36. The van der Waals surface area contributed by atoms with Crippen molar-refractivity contribution in [1.29, 1.82) is 0 Å². The molecule has 0 aliphatic carbocycles. The Hall–Kier alpha value is -2.53. The van der Waals surface area contributed by atoms with Crippen LogP contribution >= 0.6 is 12.4 Å². The molecule has 0 saturated carbocycles. The highest BCUT2D eigenvalue weighted by Gasteiger charge is 2.24. The van der Waals surface area contributed by atoms with Gasteiger partial charge in [-0.25, -0.2) is 4.68 Å². The highest BCUT2D eigenvalue weighted by molar-refractivity contribution is 5.85. The Morgan fingerprint density at radius 1 is 1.06 bits per heavy atom. The van der Waals surface area contributed by atoms with E-state index in [1.807, 2.05) is 23.9 Å². The van der Waals surface area contributed by atoms with E-state index in [-0.39, 0.29) is 18.4 Å². The number of halogens is 1. The van der Waals surface area contributed by atoms with Crippen molar-refractivity contribution < 1.29 is 4.74 Å². The van der Waals surface area contributed by atoms with Gasteiger partial charge in [0, 0.05) is 19.2 Å². The van der Waals surface area contributed by atoms with Crippen molar-refractivity contribution in [3.05, 3.63) is 59.7 Å². The molecule has 0 amide bonds. The lowest BCUT2D eigenvalue weighted by atomic mass is 9.99. The fourth-order valence-corrected chi connectivity index (χ4v) is 3.95. The molecular formula is C25H35ClN4O. The number of rotatable bonds is 10. The second-order valence-electron chi connectivity index (χ2n) is 7.80. The van der Waals surface area contributed by atoms with Crippen LogP contribution in [0.25, 0.3) is 11.4 Å². The molecule has 0 radical (unpaired) electrons. The molecule has 31 heavy (non-hydrogen) atoms. The van der Waals surface area contributed by atoms with Gasteiger partial charge in [-0.2, -0.15) is 4.98 Å². The first-order chi connectivity index (χ1) is 14.6. The fourth-order valence-electron chi connectivity index (χ4n) is 3.95. The number of nitrogens with zero attached hydrogens (tertiary/aromatic N) is 4. The minimum atomic E-state index is 0. The Labute approximate surface area is 192 Å². The molecule has 0 aliphatic heterocycles. The zero-order chi connectivity index (χ0) is 21.5. The molecular weight excluding hydrogens is 408 g/mol. The smallest absolute Gasteiger partial charge is 0.245 e. The summed E-state index contributed by atoms with van der Waals surface area (Å²) in [4.78, 5) is 7.39. The molecule has 0 N–H and O–H groups in total. The zero-order valence-electron chi connectivity index (χ0n) is 19.3. The van der Waals surface area contributed by atoms with E-state index in [0.717, 1.165) is 48.0 Å². The van der Waals surface area contributed by atoms with Crippen LogP contribution in [-0.2, 0) is 7.05 Å². The van der Waals surface area contributed by atoms with Crippen LogP contribution in [-0.4, -0.2) is 28.4 Å². The third kappa shape index (κ3) is 5.79. The van der Waals surface area contributed by atoms with Gasteiger partial charge in [0.15, 0.2) is 5.82 Å². The molecule has 0 spiro atoms. The maximum Gasteiger partial charge on any atom is 0.245 e. The van der Waals surface area contributed by atoms with E-state index in [4.69, 9.17) is 14.8 Å². The average molecular weight is 443 g/mol. The molecule has 0 saturated heterocycles. The van der Waals surface area contributed by atoms with Gasteiger partial charge < -0.3 is 9.64 Å². The van der Waals surface area contributed by atoms with Crippen molar-refractivity contribution in [2.24, 2.45) is 7.05 Å². The summed E-state index contributed by atoms with van der Waals surface area (Å²) in [7, 11) is 3.67. The Morgan fingerprint density at radius 2 is 1.81 bits per heavy atom. The first kappa shape index (κ1) is 24.7. The molecule has 0 aliphatic rings. The molecule has 0 bridgehead atoms. The highest BCUT2D eigenvalue weighted by Crippen LogP contribution is 2.32. The Bertz CT molecular complexity index is 942. The maximum absolute atomic E-state index is 5.36. The van der Waals surface area contributed by atoms with E-state index in [1.165, 1.54) is 18.4 Å². The summed E-state index contributed by atoms with van der Waals surface area (Å²) in [5.41, 5.74) is 3.54. The monoisotopic (exact) mass is 442 g/mol. The molecule has 0 unspecified atom stereocenters. The molecule has 1 aromatic heterocycles. The highest BCUT2D eigenvalue weighted by atomic mass is 35.5. The minimum Gasteiger partial charge on any atom is -0.497 e. The lowest BCUT2D eigenvalue weighted by Crippen LogP contribution is -2.30. The number of ether oxygens (including phenoxy) is 1. The van der Waals surface area contributed by atoms with E-state index >= 15 is 0 Å². The van der Waals surface area contributed by atoms with Gasteiger partial charge in [-0.3, -0.25) is 0 Å². The van der Waals surface area contributed by atoms with Crippen molar-refractivity contribution >= 4 is 18.4 Å². The van der Waals surface area contributed by atoms with Crippen LogP contribution in [0.2, 0.25) is 0 Å². The molecule has 5 nitrogen and oxygen atoms in total. The minimum absolute atomic E-state index is 0. The first-order valence-electron chi connectivity index (χ1n) is 11.0. The van der Waals surface area contributed by atoms with Crippen molar-refractivity contribution in [3.63, 3.8) is 0 Å². The summed E-state index contributed by atoms with van der Waals surface area (Å²) in [5.74, 6) is 2.54. The molecule has 3 rings (SSSR count). The quantitative estimate of drug-likeness (QED) is 0.366. The topological polar surface area (TPSA) is 43.2 Å². The van der Waals surface area contributed by atoms with Gasteiger partial charge >= 0.3 is 0 Å². The van der Waals surface area contributed by atoms with Gasteiger partial charge in [-0.15, -0.1) is 17.5 Å². The van der Waals surface area contributed by atoms with Crippen LogP contribution < -0.4 is 9.64 Å². The number of anilines is 1. The largest absolute Gasteiger partial charge is 0.497 e. The van der Waals surface area contributed by atoms with Crippen LogP contribution in [0, 0.1) is 6.92 Å².